The Balaban J connectivity index is 1.81. The Morgan fingerprint density at radius 2 is 1.74 bits per heavy atom. The van der Waals surface area contributed by atoms with Gasteiger partial charge >= 0.3 is 0 Å². The molecule has 1 aromatic carbocycles. The second kappa shape index (κ2) is 7.51. The van der Waals surface area contributed by atoms with Crippen LogP contribution in [0.25, 0.3) is 0 Å². The molecule has 1 aliphatic carbocycles. The van der Waals surface area contributed by atoms with Crippen LogP contribution in [-0.4, -0.2) is 25.9 Å². The molecule has 3 nitrogen and oxygen atoms in total. The summed E-state index contributed by atoms with van der Waals surface area (Å²) in [6.07, 6.45) is 4.73. The zero-order chi connectivity index (χ0) is 13.5. The van der Waals surface area contributed by atoms with E-state index in [4.69, 9.17) is 15.2 Å². The first kappa shape index (κ1) is 14.4. The molecule has 0 atom stereocenters. The summed E-state index contributed by atoms with van der Waals surface area (Å²) in [4.78, 5) is 0. The summed E-state index contributed by atoms with van der Waals surface area (Å²) in [5, 5.41) is 0. The van der Waals surface area contributed by atoms with Crippen molar-refractivity contribution in [2.45, 2.75) is 44.6 Å². The van der Waals surface area contributed by atoms with Crippen molar-refractivity contribution in [3.8, 4) is 5.75 Å². The molecule has 0 radical (unpaired) electrons. The van der Waals surface area contributed by atoms with Gasteiger partial charge in [0.05, 0.1) is 6.61 Å². The van der Waals surface area contributed by atoms with Gasteiger partial charge in [0.25, 0.3) is 0 Å². The van der Waals surface area contributed by atoms with Crippen LogP contribution >= 0.6 is 0 Å². The van der Waals surface area contributed by atoms with Gasteiger partial charge < -0.3 is 15.2 Å². The highest BCUT2D eigenvalue weighted by Gasteiger charge is 2.19. The van der Waals surface area contributed by atoms with E-state index in [9.17, 15) is 0 Å². The maximum Gasteiger partial charge on any atom is 0.119 e. The van der Waals surface area contributed by atoms with Crippen LogP contribution in [0.1, 0.15) is 44.1 Å². The van der Waals surface area contributed by atoms with Crippen molar-refractivity contribution in [1.82, 2.24) is 0 Å². The maximum atomic E-state index is 5.95. The van der Waals surface area contributed by atoms with Gasteiger partial charge in [0.15, 0.2) is 0 Å². The summed E-state index contributed by atoms with van der Waals surface area (Å²) < 4.78 is 10.9. The Hall–Kier alpha value is -1.06. The first-order valence-electron chi connectivity index (χ1n) is 7.35. The molecule has 0 spiro atoms. The Labute approximate surface area is 116 Å². The van der Waals surface area contributed by atoms with Gasteiger partial charge in [0, 0.05) is 12.6 Å². The summed E-state index contributed by atoms with van der Waals surface area (Å²) in [7, 11) is 0. The molecule has 0 amide bonds. The fourth-order valence-corrected chi connectivity index (χ4v) is 2.65. The van der Waals surface area contributed by atoms with Crippen LogP contribution in [0.2, 0.25) is 0 Å². The average molecular weight is 263 g/mol. The quantitative estimate of drug-likeness (QED) is 0.802. The number of nitrogens with two attached hydrogens (primary N) is 1. The molecule has 0 bridgehead atoms. The van der Waals surface area contributed by atoms with Gasteiger partial charge in [-0.15, -0.1) is 0 Å². The first-order chi connectivity index (χ1) is 9.29. The average Bonchev–Trinajstić information content (AvgIpc) is 2.45. The van der Waals surface area contributed by atoms with E-state index in [0.29, 0.717) is 25.2 Å². The van der Waals surface area contributed by atoms with Crippen LogP contribution in [-0.2, 0) is 4.74 Å². The second-order valence-electron chi connectivity index (χ2n) is 5.23. The number of rotatable bonds is 6. The molecule has 0 aromatic heterocycles. The smallest absolute Gasteiger partial charge is 0.119 e. The van der Waals surface area contributed by atoms with E-state index in [-0.39, 0.29) is 0 Å². The fourth-order valence-electron chi connectivity index (χ4n) is 2.65. The molecule has 1 saturated carbocycles. The minimum Gasteiger partial charge on any atom is -0.491 e. The summed E-state index contributed by atoms with van der Waals surface area (Å²) in [6.45, 7) is 4.00. The summed E-state index contributed by atoms with van der Waals surface area (Å²) >= 11 is 0. The highest BCUT2D eigenvalue weighted by Crippen LogP contribution is 2.32. The van der Waals surface area contributed by atoms with Crippen LogP contribution in [0.15, 0.2) is 24.3 Å². The Bertz CT molecular complexity index is 356. The fraction of sp³-hybridized carbons (Fsp3) is 0.625. The van der Waals surface area contributed by atoms with Gasteiger partial charge in [-0.3, -0.25) is 0 Å². The lowest BCUT2D eigenvalue weighted by molar-refractivity contribution is 0.110. The molecule has 0 aliphatic heterocycles. The predicted molar refractivity (Wildman–Crippen MR) is 77.6 cm³/mol. The summed E-state index contributed by atoms with van der Waals surface area (Å²) in [5.74, 6) is 1.60. The third-order valence-electron chi connectivity index (χ3n) is 3.82. The highest BCUT2D eigenvalue weighted by molar-refractivity contribution is 5.29. The van der Waals surface area contributed by atoms with Gasteiger partial charge in [0.1, 0.15) is 12.4 Å². The van der Waals surface area contributed by atoms with Crippen LogP contribution in [0.3, 0.4) is 0 Å². The molecule has 2 N–H and O–H groups in total. The topological polar surface area (TPSA) is 44.5 Å². The Kier molecular flexibility index (Phi) is 5.67. The van der Waals surface area contributed by atoms with Crippen LogP contribution < -0.4 is 10.5 Å². The molecule has 1 aliphatic rings. The largest absolute Gasteiger partial charge is 0.491 e. The van der Waals surface area contributed by atoms with E-state index >= 15 is 0 Å². The van der Waals surface area contributed by atoms with Crippen molar-refractivity contribution in [2.24, 2.45) is 5.73 Å². The minimum absolute atomic E-state index is 0.414. The maximum absolute atomic E-state index is 5.95. The van der Waals surface area contributed by atoms with Crippen LogP contribution in [0, 0.1) is 0 Å². The monoisotopic (exact) mass is 263 g/mol. The second-order valence-corrected chi connectivity index (χ2v) is 5.23. The number of ether oxygens (including phenoxy) is 2. The molecule has 0 saturated heterocycles. The van der Waals surface area contributed by atoms with Gasteiger partial charge in [-0.05, 0) is 56.2 Å². The van der Waals surface area contributed by atoms with Gasteiger partial charge in [-0.1, -0.05) is 12.1 Å². The first-order valence-corrected chi connectivity index (χ1v) is 7.35. The SMILES string of the molecule is CCOCCOc1ccc(C2CCC(N)CC2)cc1. The van der Waals surface area contributed by atoms with Gasteiger partial charge in [-0.2, -0.15) is 0 Å². The van der Waals surface area contributed by atoms with E-state index in [2.05, 4.69) is 24.3 Å². The Morgan fingerprint density at radius 1 is 1.05 bits per heavy atom. The molecule has 0 unspecified atom stereocenters. The van der Waals surface area contributed by atoms with Crippen molar-refractivity contribution in [3.05, 3.63) is 29.8 Å². The van der Waals surface area contributed by atoms with Crippen molar-refractivity contribution in [2.75, 3.05) is 19.8 Å². The van der Waals surface area contributed by atoms with Crippen molar-refractivity contribution in [3.63, 3.8) is 0 Å². The van der Waals surface area contributed by atoms with E-state index in [1.165, 1.54) is 18.4 Å². The lowest BCUT2D eigenvalue weighted by Gasteiger charge is -2.26. The van der Waals surface area contributed by atoms with Gasteiger partial charge in [0.2, 0.25) is 0 Å². The number of hydrogen-bond acceptors (Lipinski definition) is 3. The molecular formula is C16H25NO2. The standard InChI is InChI=1S/C16H25NO2/c1-2-18-11-12-19-16-9-5-14(6-10-16)13-3-7-15(17)8-4-13/h5-6,9-10,13,15H,2-4,7-8,11-12,17H2,1H3. The molecule has 1 fully saturated rings. The molecule has 2 rings (SSSR count). The minimum atomic E-state index is 0.414. The number of hydrogen-bond donors (Lipinski definition) is 1. The van der Waals surface area contributed by atoms with Crippen LogP contribution in [0.4, 0.5) is 0 Å². The Morgan fingerprint density at radius 3 is 2.37 bits per heavy atom. The molecule has 3 heteroatoms. The van der Waals surface area contributed by atoms with Crippen molar-refractivity contribution >= 4 is 0 Å². The predicted octanol–water partition coefficient (Wildman–Crippen LogP) is 3.09. The molecule has 0 heterocycles. The van der Waals surface area contributed by atoms with Crippen molar-refractivity contribution in [1.29, 1.82) is 0 Å². The zero-order valence-corrected chi connectivity index (χ0v) is 11.8. The lowest BCUT2D eigenvalue weighted by atomic mass is 9.82. The molecular weight excluding hydrogens is 238 g/mol. The van der Waals surface area contributed by atoms with E-state index in [1.807, 2.05) is 6.92 Å². The van der Waals surface area contributed by atoms with Crippen LogP contribution in [0.5, 0.6) is 5.75 Å². The lowest BCUT2D eigenvalue weighted by Crippen LogP contribution is -2.25. The van der Waals surface area contributed by atoms with E-state index in [1.54, 1.807) is 0 Å². The van der Waals surface area contributed by atoms with E-state index < -0.39 is 0 Å². The summed E-state index contributed by atoms with van der Waals surface area (Å²) in [5.41, 5.74) is 7.37. The normalized spacial score (nSPS) is 23.3. The zero-order valence-electron chi connectivity index (χ0n) is 11.8. The molecule has 106 valence electrons. The van der Waals surface area contributed by atoms with Crippen molar-refractivity contribution < 1.29 is 9.47 Å². The summed E-state index contributed by atoms with van der Waals surface area (Å²) in [6, 6.07) is 8.93. The molecule has 1 aromatic rings. The number of benzene rings is 1. The highest BCUT2D eigenvalue weighted by atomic mass is 16.5. The van der Waals surface area contributed by atoms with Gasteiger partial charge in [-0.25, -0.2) is 0 Å². The third-order valence-corrected chi connectivity index (χ3v) is 3.82. The van der Waals surface area contributed by atoms with E-state index in [0.717, 1.165) is 25.2 Å². The third kappa shape index (κ3) is 4.51. The molecule has 19 heavy (non-hydrogen) atoms.